The van der Waals surface area contributed by atoms with Gasteiger partial charge in [0.2, 0.25) is 5.91 Å². The van der Waals surface area contributed by atoms with Crippen LogP contribution in [-0.2, 0) is 4.79 Å². The first-order chi connectivity index (χ1) is 7.47. The van der Waals surface area contributed by atoms with Gasteiger partial charge in [0.15, 0.2) is 0 Å². The largest absolute Gasteiger partial charge is 0.339 e. The first-order valence-corrected chi connectivity index (χ1v) is 5.87. The van der Waals surface area contributed by atoms with Gasteiger partial charge in [-0.05, 0) is 38.8 Å². The predicted molar refractivity (Wildman–Crippen MR) is 62.6 cm³/mol. The summed E-state index contributed by atoms with van der Waals surface area (Å²) in [7, 11) is 1.98. The van der Waals surface area contributed by atoms with Crippen LogP contribution in [0.25, 0.3) is 0 Å². The Labute approximate surface area is 97.6 Å². The minimum Gasteiger partial charge on any atom is -0.339 e. The number of rotatable bonds is 3. The molecule has 1 N–H and O–H groups in total. The number of nitrogens with one attached hydrogen (secondary N) is 1. The minimum atomic E-state index is -0.408. The average Bonchev–Trinajstić information content (AvgIpc) is 2.59. The molecule has 1 rings (SSSR count). The lowest BCUT2D eigenvalue weighted by atomic mass is 9.88. The van der Waals surface area contributed by atoms with E-state index in [0.29, 0.717) is 11.8 Å². The van der Waals surface area contributed by atoms with E-state index in [1.807, 2.05) is 13.1 Å². The molecule has 0 saturated carbocycles. The maximum Gasteiger partial charge on any atom is 0.238 e. The van der Waals surface area contributed by atoms with Gasteiger partial charge in [0.05, 0.1) is 12.1 Å². The van der Waals surface area contributed by atoms with Crippen molar-refractivity contribution in [3.05, 3.63) is 0 Å². The predicted octanol–water partition coefficient (Wildman–Crippen LogP) is 0.991. The molecule has 1 fully saturated rings. The minimum absolute atomic E-state index is 0.00671. The van der Waals surface area contributed by atoms with Crippen molar-refractivity contribution < 1.29 is 4.79 Å². The lowest BCUT2D eigenvalue weighted by Gasteiger charge is -2.26. The maximum atomic E-state index is 12.0. The van der Waals surface area contributed by atoms with Crippen LogP contribution >= 0.6 is 0 Å². The second-order valence-corrected chi connectivity index (χ2v) is 4.98. The lowest BCUT2D eigenvalue weighted by Crippen LogP contribution is -2.48. The second-order valence-electron chi connectivity index (χ2n) is 4.98. The van der Waals surface area contributed by atoms with Gasteiger partial charge in [0.1, 0.15) is 6.04 Å². The van der Waals surface area contributed by atoms with E-state index in [0.717, 1.165) is 13.0 Å². The molecule has 1 heterocycles. The number of amides is 1. The zero-order valence-corrected chi connectivity index (χ0v) is 10.5. The van der Waals surface area contributed by atoms with E-state index in [-0.39, 0.29) is 11.9 Å². The molecule has 0 aliphatic carbocycles. The highest BCUT2D eigenvalue weighted by Crippen LogP contribution is 2.29. The second kappa shape index (κ2) is 5.31. The molecule has 1 aliphatic heterocycles. The molecular weight excluding hydrogens is 202 g/mol. The molecule has 0 aromatic heterocycles. The van der Waals surface area contributed by atoms with Gasteiger partial charge in [0.25, 0.3) is 0 Å². The normalized spacial score (nSPS) is 27.8. The monoisotopic (exact) mass is 223 g/mol. The average molecular weight is 223 g/mol. The van der Waals surface area contributed by atoms with Crippen molar-refractivity contribution in [1.82, 2.24) is 10.2 Å². The van der Waals surface area contributed by atoms with E-state index in [1.54, 1.807) is 6.92 Å². The maximum absolute atomic E-state index is 12.0. The Morgan fingerprint density at radius 1 is 1.50 bits per heavy atom. The van der Waals surface area contributed by atoms with Gasteiger partial charge in [-0.2, -0.15) is 5.26 Å². The third-order valence-corrected chi connectivity index (χ3v) is 3.37. The SMILES string of the molecule is CC(C)[C@H]1CCN(C)C1C(=O)N[C@@H](C)C#N. The van der Waals surface area contributed by atoms with Crippen LogP contribution < -0.4 is 5.32 Å². The molecular formula is C12H21N3O. The summed E-state index contributed by atoms with van der Waals surface area (Å²) in [5, 5.41) is 11.4. The number of carbonyl (C=O) groups excluding carboxylic acids is 1. The molecule has 0 aromatic carbocycles. The van der Waals surface area contributed by atoms with Crippen LogP contribution in [0.3, 0.4) is 0 Å². The third-order valence-electron chi connectivity index (χ3n) is 3.37. The fraction of sp³-hybridized carbons (Fsp3) is 0.833. The van der Waals surface area contributed by atoms with Crippen LogP contribution in [0.1, 0.15) is 27.2 Å². The number of likely N-dealkylation sites (N-methyl/N-ethyl adjacent to an activating group) is 1. The van der Waals surface area contributed by atoms with Crippen LogP contribution in [0, 0.1) is 23.2 Å². The summed E-state index contributed by atoms with van der Waals surface area (Å²) in [6.45, 7) is 6.97. The summed E-state index contributed by atoms with van der Waals surface area (Å²) in [6.07, 6.45) is 1.06. The fourth-order valence-corrected chi connectivity index (χ4v) is 2.40. The number of carbonyl (C=O) groups is 1. The van der Waals surface area contributed by atoms with E-state index >= 15 is 0 Å². The molecule has 4 nitrogen and oxygen atoms in total. The van der Waals surface area contributed by atoms with E-state index in [2.05, 4.69) is 24.1 Å². The first kappa shape index (κ1) is 13.0. The number of nitrogens with zero attached hydrogens (tertiary/aromatic N) is 2. The Morgan fingerprint density at radius 2 is 2.12 bits per heavy atom. The lowest BCUT2D eigenvalue weighted by molar-refractivity contribution is -0.126. The zero-order valence-electron chi connectivity index (χ0n) is 10.5. The summed E-state index contributed by atoms with van der Waals surface area (Å²) in [5.41, 5.74) is 0. The van der Waals surface area contributed by atoms with Crippen molar-refractivity contribution in [3.63, 3.8) is 0 Å². The molecule has 1 unspecified atom stereocenters. The Balaban J connectivity index is 2.69. The van der Waals surface area contributed by atoms with Crippen molar-refractivity contribution in [2.75, 3.05) is 13.6 Å². The highest BCUT2D eigenvalue weighted by Gasteiger charge is 2.38. The van der Waals surface area contributed by atoms with Crippen molar-refractivity contribution in [2.24, 2.45) is 11.8 Å². The number of nitriles is 1. The molecule has 4 heteroatoms. The Morgan fingerprint density at radius 3 is 2.62 bits per heavy atom. The quantitative estimate of drug-likeness (QED) is 0.776. The van der Waals surface area contributed by atoms with Crippen LogP contribution in [-0.4, -0.2) is 36.5 Å². The van der Waals surface area contributed by atoms with Crippen molar-refractivity contribution in [1.29, 1.82) is 5.26 Å². The summed E-state index contributed by atoms with van der Waals surface area (Å²) in [6, 6.07) is 1.55. The van der Waals surface area contributed by atoms with Crippen LogP contribution in [0.5, 0.6) is 0 Å². The zero-order chi connectivity index (χ0) is 12.3. The van der Waals surface area contributed by atoms with Crippen molar-refractivity contribution >= 4 is 5.91 Å². The molecule has 0 spiro atoms. The molecule has 1 amide bonds. The molecule has 1 aliphatic rings. The standard InChI is InChI=1S/C12H21N3O/c1-8(2)10-5-6-15(4)11(10)12(16)14-9(3)7-13/h8-11H,5-6H2,1-4H3,(H,14,16)/t9-,10+,11?/m0/s1. The molecule has 0 aromatic rings. The molecule has 0 radical (unpaired) electrons. The smallest absolute Gasteiger partial charge is 0.238 e. The summed E-state index contributed by atoms with van der Waals surface area (Å²) < 4.78 is 0. The van der Waals surface area contributed by atoms with Crippen molar-refractivity contribution in [2.45, 2.75) is 39.3 Å². The van der Waals surface area contributed by atoms with Gasteiger partial charge >= 0.3 is 0 Å². The number of hydrogen-bond acceptors (Lipinski definition) is 3. The van der Waals surface area contributed by atoms with E-state index in [1.165, 1.54) is 0 Å². The Bertz CT molecular complexity index is 295. The van der Waals surface area contributed by atoms with Crippen LogP contribution in [0.2, 0.25) is 0 Å². The fourth-order valence-electron chi connectivity index (χ4n) is 2.40. The van der Waals surface area contributed by atoms with Gasteiger partial charge in [-0.1, -0.05) is 13.8 Å². The highest BCUT2D eigenvalue weighted by atomic mass is 16.2. The Hall–Kier alpha value is -1.08. The molecule has 3 atom stereocenters. The number of likely N-dealkylation sites (tertiary alicyclic amines) is 1. The number of hydrogen-bond donors (Lipinski definition) is 1. The summed E-state index contributed by atoms with van der Waals surface area (Å²) >= 11 is 0. The van der Waals surface area contributed by atoms with E-state index in [9.17, 15) is 4.79 Å². The third kappa shape index (κ3) is 2.73. The Kier molecular flexibility index (Phi) is 4.31. The van der Waals surface area contributed by atoms with Crippen molar-refractivity contribution in [3.8, 4) is 6.07 Å². The summed E-state index contributed by atoms with van der Waals surface area (Å²) in [4.78, 5) is 14.1. The molecule has 1 saturated heterocycles. The highest BCUT2D eigenvalue weighted by molar-refractivity contribution is 5.83. The van der Waals surface area contributed by atoms with Gasteiger partial charge in [-0.25, -0.2) is 0 Å². The van der Waals surface area contributed by atoms with Crippen LogP contribution in [0.4, 0.5) is 0 Å². The van der Waals surface area contributed by atoms with E-state index < -0.39 is 6.04 Å². The first-order valence-electron chi connectivity index (χ1n) is 5.87. The van der Waals surface area contributed by atoms with Crippen LogP contribution in [0.15, 0.2) is 0 Å². The molecule has 0 bridgehead atoms. The molecule has 90 valence electrons. The summed E-state index contributed by atoms with van der Waals surface area (Å²) in [5.74, 6) is 0.890. The van der Waals surface area contributed by atoms with Gasteiger partial charge < -0.3 is 5.32 Å². The van der Waals surface area contributed by atoms with Gasteiger partial charge in [-0.3, -0.25) is 9.69 Å². The van der Waals surface area contributed by atoms with E-state index in [4.69, 9.17) is 5.26 Å². The molecule has 16 heavy (non-hydrogen) atoms. The topological polar surface area (TPSA) is 56.1 Å². The van der Waals surface area contributed by atoms with Gasteiger partial charge in [0, 0.05) is 0 Å². The van der Waals surface area contributed by atoms with Gasteiger partial charge in [-0.15, -0.1) is 0 Å².